The number of carbonyl (C=O) groups is 2. The number of alkyl halides is 3. The van der Waals surface area contributed by atoms with Crippen LogP contribution in [0, 0.1) is 23.2 Å². The van der Waals surface area contributed by atoms with Gasteiger partial charge >= 0.3 is 18.2 Å². The van der Waals surface area contributed by atoms with Gasteiger partial charge in [0.25, 0.3) is 0 Å². The molecule has 4 aliphatic rings. The summed E-state index contributed by atoms with van der Waals surface area (Å²) in [5, 5.41) is 12.0. The summed E-state index contributed by atoms with van der Waals surface area (Å²) in [6, 6.07) is -0.664. The average molecular weight is 376 g/mol. The highest BCUT2D eigenvalue weighted by Gasteiger charge is 2.65. The number of halogens is 3. The molecule has 26 heavy (non-hydrogen) atoms. The van der Waals surface area contributed by atoms with Crippen molar-refractivity contribution in [1.82, 2.24) is 10.2 Å². The fraction of sp³-hybridized carbons (Fsp3) is 0.882. The van der Waals surface area contributed by atoms with Gasteiger partial charge in [-0.15, -0.1) is 0 Å². The number of aliphatic carboxylic acids is 1. The van der Waals surface area contributed by atoms with Crippen molar-refractivity contribution in [2.45, 2.75) is 50.4 Å². The number of rotatable bonds is 2. The van der Waals surface area contributed by atoms with E-state index in [1.807, 2.05) is 0 Å². The van der Waals surface area contributed by atoms with E-state index in [4.69, 9.17) is 9.84 Å². The third kappa shape index (κ3) is 2.58. The maximum atomic E-state index is 13.1. The lowest BCUT2D eigenvalue weighted by atomic mass is 9.54. The molecule has 0 bridgehead atoms. The second kappa shape index (κ2) is 6.00. The largest absolute Gasteiger partial charge is 0.481 e. The van der Waals surface area contributed by atoms with E-state index in [0.29, 0.717) is 6.61 Å². The van der Waals surface area contributed by atoms with Crippen molar-refractivity contribution in [3.8, 4) is 0 Å². The summed E-state index contributed by atoms with van der Waals surface area (Å²) < 4.78 is 45.2. The van der Waals surface area contributed by atoms with Crippen molar-refractivity contribution < 1.29 is 32.6 Å². The van der Waals surface area contributed by atoms with Crippen molar-refractivity contribution in [2.75, 3.05) is 19.7 Å². The Morgan fingerprint density at radius 1 is 1.19 bits per heavy atom. The summed E-state index contributed by atoms with van der Waals surface area (Å²) in [6.45, 7) is -0.351. The van der Waals surface area contributed by atoms with E-state index in [1.165, 1.54) is 0 Å². The maximum absolute atomic E-state index is 13.1. The Morgan fingerprint density at radius 3 is 2.46 bits per heavy atom. The third-order valence-corrected chi connectivity index (χ3v) is 6.91. The SMILES string of the molecule is O=C(O)[C@@H]1CN(C(=O)NC2C3CCOC3C23CCCC3)C[C@H]1C(F)(F)F. The summed E-state index contributed by atoms with van der Waals surface area (Å²) in [5.74, 6) is -4.92. The van der Waals surface area contributed by atoms with E-state index in [1.54, 1.807) is 0 Å². The number of carboxylic acids is 1. The molecule has 2 saturated heterocycles. The van der Waals surface area contributed by atoms with Gasteiger partial charge in [0.2, 0.25) is 0 Å². The van der Waals surface area contributed by atoms with Gasteiger partial charge in [0.1, 0.15) is 0 Å². The number of nitrogens with zero attached hydrogens (tertiary/aromatic N) is 1. The Bertz CT molecular complexity index is 605. The number of carbonyl (C=O) groups excluding carboxylic acids is 1. The van der Waals surface area contributed by atoms with E-state index < -0.39 is 43.1 Å². The molecule has 2 amide bonds. The minimum absolute atomic E-state index is 0.0850. The number of hydrogen-bond acceptors (Lipinski definition) is 3. The minimum atomic E-state index is -4.63. The topological polar surface area (TPSA) is 78.9 Å². The molecule has 0 aromatic rings. The van der Waals surface area contributed by atoms with Crippen LogP contribution >= 0.6 is 0 Å². The highest BCUT2D eigenvalue weighted by molar-refractivity contribution is 5.78. The molecule has 1 spiro atoms. The molecule has 9 heteroatoms. The number of nitrogens with one attached hydrogen (secondary N) is 1. The van der Waals surface area contributed by atoms with Gasteiger partial charge in [-0.05, 0) is 19.3 Å². The molecule has 4 rings (SSSR count). The monoisotopic (exact) mass is 376 g/mol. The number of carboxylic acid groups (broad SMARTS) is 1. The van der Waals surface area contributed by atoms with Crippen LogP contribution in [0.1, 0.15) is 32.1 Å². The molecule has 146 valence electrons. The van der Waals surface area contributed by atoms with Gasteiger partial charge in [-0.25, -0.2) is 4.79 Å². The normalized spacial score (nSPS) is 38.3. The van der Waals surface area contributed by atoms with E-state index in [-0.39, 0.29) is 23.5 Å². The van der Waals surface area contributed by atoms with Crippen molar-refractivity contribution in [3.63, 3.8) is 0 Å². The summed E-state index contributed by atoms with van der Waals surface area (Å²) in [6.07, 6.45) is 0.416. The molecule has 2 aliphatic heterocycles. The average Bonchev–Trinajstić information content (AvgIpc) is 3.28. The fourth-order valence-corrected chi connectivity index (χ4v) is 5.68. The number of likely N-dealkylation sites (tertiary alicyclic amines) is 1. The second-order valence-electron chi connectivity index (χ2n) is 8.11. The summed E-state index contributed by atoms with van der Waals surface area (Å²) in [5.41, 5.74) is -0.0911. The van der Waals surface area contributed by atoms with Crippen molar-refractivity contribution in [2.24, 2.45) is 23.2 Å². The molecule has 4 fully saturated rings. The van der Waals surface area contributed by atoms with Gasteiger partial charge in [-0.2, -0.15) is 13.2 Å². The number of hydrogen-bond donors (Lipinski definition) is 2. The lowest BCUT2D eigenvalue weighted by molar-refractivity contribution is -0.187. The van der Waals surface area contributed by atoms with Crippen molar-refractivity contribution in [3.05, 3.63) is 0 Å². The Morgan fingerprint density at radius 2 is 1.88 bits per heavy atom. The van der Waals surface area contributed by atoms with Crippen LogP contribution in [0.3, 0.4) is 0 Å². The first-order valence-corrected chi connectivity index (χ1v) is 9.20. The van der Waals surface area contributed by atoms with E-state index in [2.05, 4.69) is 5.32 Å². The highest BCUT2D eigenvalue weighted by Crippen LogP contribution is 2.60. The van der Waals surface area contributed by atoms with Gasteiger partial charge in [0.05, 0.1) is 17.9 Å². The fourth-order valence-electron chi connectivity index (χ4n) is 5.68. The molecule has 0 radical (unpaired) electrons. The van der Waals surface area contributed by atoms with Crippen LogP contribution in [0.2, 0.25) is 0 Å². The number of fused-ring (bicyclic) bond motifs is 2. The Hall–Kier alpha value is -1.51. The maximum Gasteiger partial charge on any atom is 0.394 e. The summed E-state index contributed by atoms with van der Waals surface area (Å²) in [7, 11) is 0. The standard InChI is InChI=1S/C17H23F3N2O4/c18-17(19,20)11-8-22(7-10(11)14(23)24)15(25)21-12-9-3-6-26-13(9)16(12)4-1-2-5-16/h9-13H,1-8H2,(H,21,25)(H,23,24)/t9?,10-,11-,12?,13?/m1/s1. The van der Waals surface area contributed by atoms with Crippen LogP contribution in [0.4, 0.5) is 18.0 Å². The Labute approximate surface area is 149 Å². The van der Waals surface area contributed by atoms with E-state index in [9.17, 15) is 22.8 Å². The molecule has 2 aliphatic carbocycles. The zero-order chi connectivity index (χ0) is 18.7. The van der Waals surface area contributed by atoms with Crippen molar-refractivity contribution >= 4 is 12.0 Å². The predicted molar refractivity (Wildman–Crippen MR) is 83.3 cm³/mol. The first kappa shape index (κ1) is 17.9. The molecular formula is C17H23F3N2O4. The summed E-state index contributed by atoms with van der Waals surface area (Å²) in [4.78, 5) is 24.8. The predicted octanol–water partition coefficient (Wildman–Crippen LogP) is 2.24. The van der Waals surface area contributed by atoms with Crippen LogP contribution in [-0.2, 0) is 9.53 Å². The van der Waals surface area contributed by atoms with Crippen LogP contribution in [0.5, 0.6) is 0 Å². The number of ether oxygens (including phenoxy) is 1. The third-order valence-electron chi connectivity index (χ3n) is 6.91. The Kier molecular flexibility index (Phi) is 4.13. The van der Waals surface area contributed by atoms with Gasteiger partial charge in [-0.3, -0.25) is 4.79 Å². The van der Waals surface area contributed by atoms with Crippen LogP contribution < -0.4 is 5.32 Å². The first-order chi connectivity index (χ1) is 12.2. The zero-order valence-electron chi connectivity index (χ0n) is 14.3. The Balaban J connectivity index is 1.46. The van der Waals surface area contributed by atoms with Gasteiger partial charge in [-0.1, -0.05) is 12.8 Å². The van der Waals surface area contributed by atoms with E-state index in [0.717, 1.165) is 37.0 Å². The molecule has 6 nitrogen and oxygen atoms in total. The minimum Gasteiger partial charge on any atom is -0.481 e. The lowest BCUT2D eigenvalue weighted by Gasteiger charge is -2.57. The number of urea groups is 1. The molecule has 2 saturated carbocycles. The quantitative estimate of drug-likeness (QED) is 0.775. The molecule has 3 unspecified atom stereocenters. The van der Waals surface area contributed by atoms with Crippen LogP contribution in [0.25, 0.3) is 0 Å². The molecule has 2 heterocycles. The zero-order valence-corrected chi connectivity index (χ0v) is 14.3. The smallest absolute Gasteiger partial charge is 0.394 e. The molecule has 2 N–H and O–H groups in total. The van der Waals surface area contributed by atoms with Gasteiger partial charge in [0.15, 0.2) is 0 Å². The molecule has 5 atom stereocenters. The molecule has 0 aromatic heterocycles. The van der Waals surface area contributed by atoms with Gasteiger partial charge in [0, 0.05) is 37.1 Å². The van der Waals surface area contributed by atoms with Crippen LogP contribution in [0.15, 0.2) is 0 Å². The summed E-state index contributed by atoms with van der Waals surface area (Å²) >= 11 is 0. The van der Waals surface area contributed by atoms with E-state index >= 15 is 0 Å². The van der Waals surface area contributed by atoms with Crippen molar-refractivity contribution in [1.29, 1.82) is 0 Å². The molecule has 0 aromatic carbocycles. The van der Waals surface area contributed by atoms with Gasteiger partial charge < -0.3 is 20.1 Å². The first-order valence-electron chi connectivity index (χ1n) is 9.20. The molecular weight excluding hydrogens is 353 g/mol. The highest BCUT2D eigenvalue weighted by atomic mass is 19.4. The number of amides is 2. The van der Waals surface area contributed by atoms with Crippen LogP contribution in [-0.4, -0.2) is 60.0 Å². The second-order valence-corrected chi connectivity index (χ2v) is 8.11. The lowest BCUT2D eigenvalue weighted by Crippen LogP contribution is -2.69.